The normalized spacial score (nSPS) is 14.2. The molecule has 0 unspecified atom stereocenters. The van der Waals surface area contributed by atoms with E-state index in [-0.39, 0.29) is 17.3 Å². The molecule has 2 aromatic carbocycles. The maximum absolute atomic E-state index is 12.6. The molecule has 0 atom stereocenters. The van der Waals surface area contributed by atoms with Crippen LogP contribution in [0, 0.1) is 17.0 Å². The third-order valence-corrected chi connectivity index (χ3v) is 6.57. The second kappa shape index (κ2) is 10.6. The van der Waals surface area contributed by atoms with E-state index in [9.17, 15) is 14.9 Å². The predicted molar refractivity (Wildman–Crippen MR) is 128 cm³/mol. The van der Waals surface area contributed by atoms with Gasteiger partial charge >= 0.3 is 0 Å². The summed E-state index contributed by atoms with van der Waals surface area (Å²) in [6, 6.07) is 14.5. The number of rotatable bonds is 8. The van der Waals surface area contributed by atoms with E-state index in [4.69, 9.17) is 0 Å². The number of para-hydroxylation sites is 1. The number of benzene rings is 2. The molecule has 0 radical (unpaired) electrons. The summed E-state index contributed by atoms with van der Waals surface area (Å²) < 4.78 is 2.01. The lowest BCUT2D eigenvalue weighted by Crippen LogP contribution is -2.30. The lowest BCUT2D eigenvalue weighted by Gasteiger charge is -2.26. The maximum atomic E-state index is 12.6. The van der Waals surface area contributed by atoms with Gasteiger partial charge in [0.05, 0.1) is 28.5 Å². The average molecular weight is 467 g/mol. The van der Waals surface area contributed by atoms with Crippen LogP contribution in [0.4, 0.5) is 11.4 Å². The molecule has 0 spiro atoms. The van der Waals surface area contributed by atoms with Crippen molar-refractivity contribution in [1.82, 2.24) is 19.7 Å². The summed E-state index contributed by atoms with van der Waals surface area (Å²) in [5, 5.41) is 23.4. The van der Waals surface area contributed by atoms with Crippen LogP contribution in [0.3, 0.4) is 0 Å². The van der Waals surface area contributed by atoms with Crippen LogP contribution in [0.25, 0.3) is 5.69 Å². The molecule has 10 heteroatoms. The number of thioether (sulfide) groups is 1. The second-order valence-electron chi connectivity index (χ2n) is 7.95. The van der Waals surface area contributed by atoms with Crippen molar-refractivity contribution in [2.75, 3.05) is 24.2 Å². The molecule has 1 aromatic heterocycles. The van der Waals surface area contributed by atoms with Gasteiger partial charge in [0.25, 0.3) is 5.69 Å². The van der Waals surface area contributed by atoms with Crippen molar-refractivity contribution in [2.24, 2.45) is 0 Å². The summed E-state index contributed by atoms with van der Waals surface area (Å²) in [5.41, 5.74) is 1.79. The number of nitrogens with one attached hydrogen (secondary N) is 1. The standard InChI is InChI=1S/C23H26N6O3S/c1-17-19(11-8-12-20(17)29(31)32)24-22(30)16-33-23-26-25-21(15-27-13-6-3-7-14-27)28(23)18-9-4-2-5-10-18/h2,4-5,8-12H,3,6-7,13-16H2,1H3,(H,24,30). The molecule has 1 aliphatic rings. The van der Waals surface area contributed by atoms with Crippen molar-refractivity contribution in [1.29, 1.82) is 0 Å². The van der Waals surface area contributed by atoms with Gasteiger partial charge in [-0.25, -0.2) is 0 Å². The van der Waals surface area contributed by atoms with Gasteiger partial charge in [0.1, 0.15) is 0 Å². The van der Waals surface area contributed by atoms with Gasteiger partial charge in [-0.2, -0.15) is 0 Å². The van der Waals surface area contributed by atoms with Crippen LogP contribution in [0.1, 0.15) is 30.7 Å². The Morgan fingerprint density at radius 3 is 2.58 bits per heavy atom. The van der Waals surface area contributed by atoms with Crippen LogP contribution in [-0.2, 0) is 11.3 Å². The van der Waals surface area contributed by atoms with Crippen LogP contribution >= 0.6 is 11.8 Å². The Morgan fingerprint density at radius 2 is 1.85 bits per heavy atom. The summed E-state index contributed by atoms with van der Waals surface area (Å²) in [7, 11) is 0. The zero-order valence-electron chi connectivity index (χ0n) is 18.4. The number of amides is 1. The van der Waals surface area contributed by atoms with E-state index < -0.39 is 4.92 Å². The lowest BCUT2D eigenvalue weighted by atomic mass is 10.1. The highest BCUT2D eigenvalue weighted by atomic mass is 32.2. The molecule has 4 rings (SSSR count). The van der Waals surface area contributed by atoms with E-state index in [1.54, 1.807) is 19.1 Å². The van der Waals surface area contributed by atoms with Crippen molar-refractivity contribution in [3.63, 3.8) is 0 Å². The first kappa shape index (κ1) is 22.9. The van der Waals surface area contributed by atoms with Gasteiger partial charge in [-0.3, -0.25) is 24.4 Å². The maximum Gasteiger partial charge on any atom is 0.274 e. The number of aromatic nitrogens is 3. The largest absolute Gasteiger partial charge is 0.325 e. The number of piperidine rings is 1. The molecule has 1 fully saturated rings. The smallest absolute Gasteiger partial charge is 0.274 e. The third kappa shape index (κ3) is 5.58. The van der Waals surface area contributed by atoms with Crippen LogP contribution < -0.4 is 5.32 Å². The Bertz CT molecular complexity index is 1130. The monoisotopic (exact) mass is 466 g/mol. The number of nitro benzene ring substituents is 1. The van der Waals surface area contributed by atoms with Gasteiger partial charge < -0.3 is 5.32 Å². The molecule has 1 amide bonds. The molecule has 1 aliphatic heterocycles. The minimum absolute atomic E-state index is 0.0216. The van der Waals surface area contributed by atoms with Crippen molar-refractivity contribution < 1.29 is 9.72 Å². The molecular weight excluding hydrogens is 440 g/mol. The number of nitro groups is 1. The molecule has 172 valence electrons. The summed E-state index contributed by atoms with van der Waals surface area (Å²) in [6.45, 7) is 4.44. The first-order valence-electron chi connectivity index (χ1n) is 10.9. The second-order valence-corrected chi connectivity index (χ2v) is 8.89. The first-order chi connectivity index (χ1) is 16.0. The topological polar surface area (TPSA) is 106 Å². The van der Waals surface area contributed by atoms with Crippen molar-refractivity contribution in [3.05, 3.63) is 70.0 Å². The van der Waals surface area contributed by atoms with Gasteiger partial charge in [0, 0.05) is 11.8 Å². The van der Waals surface area contributed by atoms with Gasteiger partial charge in [-0.05, 0) is 51.1 Å². The van der Waals surface area contributed by atoms with Crippen molar-refractivity contribution in [3.8, 4) is 5.69 Å². The van der Waals surface area contributed by atoms with E-state index in [1.807, 2.05) is 34.9 Å². The molecule has 1 N–H and O–H groups in total. The number of likely N-dealkylation sites (tertiary alicyclic amines) is 1. The van der Waals surface area contributed by atoms with E-state index in [0.29, 0.717) is 23.0 Å². The predicted octanol–water partition coefficient (Wildman–Crippen LogP) is 4.20. The highest BCUT2D eigenvalue weighted by Gasteiger charge is 2.20. The Kier molecular flexibility index (Phi) is 7.36. The van der Waals surface area contributed by atoms with Gasteiger partial charge in [-0.1, -0.05) is 42.4 Å². The summed E-state index contributed by atoms with van der Waals surface area (Å²) in [4.78, 5) is 25.7. The Labute approximate surface area is 196 Å². The van der Waals surface area contributed by atoms with Crippen molar-refractivity contribution in [2.45, 2.75) is 37.9 Å². The minimum atomic E-state index is -0.452. The number of hydrogen-bond acceptors (Lipinski definition) is 7. The molecule has 2 heterocycles. The van der Waals surface area contributed by atoms with Gasteiger partial charge in [-0.15, -0.1) is 10.2 Å². The summed E-state index contributed by atoms with van der Waals surface area (Å²) in [5.74, 6) is 0.695. The van der Waals surface area contributed by atoms with E-state index in [2.05, 4.69) is 20.4 Å². The molecule has 0 bridgehead atoms. The molecular formula is C23H26N6O3S. The number of nitrogens with zero attached hydrogens (tertiary/aromatic N) is 5. The molecule has 9 nitrogen and oxygen atoms in total. The Morgan fingerprint density at radius 1 is 1.09 bits per heavy atom. The number of hydrogen-bond donors (Lipinski definition) is 1. The zero-order chi connectivity index (χ0) is 23.2. The molecule has 0 aliphatic carbocycles. The summed E-state index contributed by atoms with van der Waals surface area (Å²) >= 11 is 1.29. The first-order valence-corrected chi connectivity index (χ1v) is 11.9. The fraction of sp³-hybridized carbons (Fsp3) is 0.348. The highest BCUT2D eigenvalue weighted by molar-refractivity contribution is 7.99. The SMILES string of the molecule is Cc1c(NC(=O)CSc2nnc(CN3CCCCC3)n2-c2ccccc2)cccc1[N+](=O)[O-]. The molecule has 3 aromatic rings. The van der Waals surface area contributed by atoms with Crippen LogP contribution in [0.5, 0.6) is 0 Å². The highest BCUT2D eigenvalue weighted by Crippen LogP contribution is 2.27. The minimum Gasteiger partial charge on any atom is -0.325 e. The zero-order valence-corrected chi connectivity index (χ0v) is 19.3. The summed E-state index contributed by atoms with van der Waals surface area (Å²) in [6.07, 6.45) is 3.65. The Balaban J connectivity index is 1.49. The molecule has 33 heavy (non-hydrogen) atoms. The van der Waals surface area contributed by atoms with Gasteiger partial charge in [0.15, 0.2) is 11.0 Å². The fourth-order valence-electron chi connectivity index (χ4n) is 3.92. The third-order valence-electron chi connectivity index (χ3n) is 5.64. The van der Waals surface area contributed by atoms with E-state index in [1.165, 1.54) is 37.1 Å². The Hall–Kier alpha value is -3.24. The van der Waals surface area contributed by atoms with Crippen LogP contribution in [-0.4, -0.2) is 49.3 Å². The average Bonchev–Trinajstić information content (AvgIpc) is 3.22. The van der Waals surface area contributed by atoms with Crippen LogP contribution in [0.2, 0.25) is 0 Å². The fourth-order valence-corrected chi connectivity index (χ4v) is 4.69. The van der Waals surface area contributed by atoms with Crippen molar-refractivity contribution >= 4 is 29.0 Å². The quantitative estimate of drug-likeness (QED) is 0.301. The van der Waals surface area contributed by atoms with E-state index in [0.717, 1.165) is 24.6 Å². The lowest BCUT2D eigenvalue weighted by molar-refractivity contribution is -0.385. The number of carbonyl (C=O) groups is 1. The number of anilines is 1. The van der Waals surface area contributed by atoms with E-state index >= 15 is 0 Å². The van der Waals surface area contributed by atoms with Crippen LogP contribution in [0.15, 0.2) is 53.7 Å². The molecule has 1 saturated heterocycles. The molecule has 0 saturated carbocycles. The van der Waals surface area contributed by atoms with Gasteiger partial charge in [0.2, 0.25) is 5.91 Å². The number of carbonyl (C=O) groups excluding carboxylic acids is 1.